The van der Waals surface area contributed by atoms with Crippen molar-refractivity contribution < 1.29 is 18.3 Å². The minimum absolute atomic E-state index is 0.0420. The van der Waals surface area contributed by atoms with Gasteiger partial charge in [0, 0.05) is 32.2 Å². The Kier molecular flexibility index (Phi) is 7.47. The molecular weight excluding hydrogens is 280 g/mol. The van der Waals surface area contributed by atoms with Gasteiger partial charge in [-0.1, -0.05) is 12.8 Å². The number of unbranched alkanes of at least 4 members (excludes halogenated alkanes) is 3. The van der Waals surface area contributed by atoms with Gasteiger partial charge in [-0.05, 0) is 25.7 Å². The average Bonchev–Trinajstić information content (AvgIpc) is 2.41. The number of rotatable bonds is 8. The number of hydrogen-bond donors (Lipinski definition) is 2. The predicted octanol–water partition coefficient (Wildman–Crippen LogP) is 0.327. The average molecular weight is 306 g/mol. The van der Waals surface area contributed by atoms with Gasteiger partial charge in [-0.25, -0.2) is 12.7 Å². The Morgan fingerprint density at radius 1 is 1.20 bits per heavy atom. The van der Waals surface area contributed by atoms with Gasteiger partial charge in [0.05, 0.1) is 6.26 Å². The lowest BCUT2D eigenvalue weighted by atomic mass is 9.97. The molecule has 0 radical (unpaired) electrons. The number of sulfonamides is 1. The predicted molar refractivity (Wildman–Crippen MR) is 77.7 cm³/mol. The number of nitrogens with one attached hydrogen (secondary N) is 1. The fraction of sp³-hybridized carbons (Fsp3) is 0.923. The molecule has 1 amide bonds. The molecule has 0 atom stereocenters. The van der Waals surface area contributed by atoms with Crippen molar-refractivity contribution in [1.29, 1.82) is 0 Å². The Morgan fingerprint density at radius 3 is 2.35 bits per heavy atom. The van der Waals surface area contributed by atoms with Gasteiger partial charge in [0.25, 0.3) is 0 Å². The van der Waals surface area contributed by atoms with Crippen LogP contribution in [0, 0.1) is 5.92 Å². The molecule has 1 rings (SSSR count). The molecule has 118 valence electrons. The van der Waals surface area contributed by atoms with Crippen molar-refractivity contribution in [3.63, 3.8) is 0 Å². The standard InChI is InChI=1S/C13H26N2O4S/c1-20(18,19)15-9-6-12(7-10-15)13(17)14-8-4-2-3-5-11-16/h12,16H,2-11H2,1H3,(H,14,17). The lowest BCUT2D eigenvalue weighted by molar-refractivity contribution is -0.126. The molecule has 1 fully saturated rings. The third kappa shape index (κ3) is 6.19. The second kappa shape index (κ2) is 8.59. The Morgan fingerprint density at radius 2 is 1.80 bits per heavy atom. The van der Waals surface area contributed by atoms with Crippen LogP contribution in [0.3, 0.4) is 0 Å². The van der Waals surface area contributed by atoms with Gasteiger partial charge in [-0.15, -0.1) is 0 Å². The molecule has 0 spiro atoms. The first-order valence-corrected chi connectivity index (χ1v) is 9.13. The maximum Gasteiger partial charge on any atom is 0.223 e. The highest BCUT2D eigenvalue weighted by Crippen LogP contribution is 2.19. The van der Waals surface area contributed by atoms with Crippen LogP contribution in [0.25, 0.3) is 0 Å². The topological polar surface area (TPSA) is 86.7 Å². The third-order valence-corrected chi connectivity index (χ3v) is 4.98. The van der Waals surface area contributed by atoms with E-state index in [1.807, 2.05) is 0 Å². The molecule has 0 aliphatic carbocycles. The smallest absolute Gasteiger partial charge is 0.223 e. The van der Waals surface area contributed by atoms with Gasteiger partial charge < -0.3 is 10.4 Å². The molecule has 0 saturated carbocycles. The summed E-state index contributed by atoms with van der Waals surface area (Å²) in [5.74, 6) is -0.0225. The molecule has 0 bridgehead atoms. The highest BCUT2D eigenvalue weighted by molar-refractivity contribution is 7.88. The minimum Gasteiger partial charge on any atom is -0.396 e. The van der Waals surface area contributed by atoms with Gasteiger partial charge in [-0.2, -0.15) is 0 Å². The monoisotopic (exact) mass is 306 g/mol. The number of aliphatic hydroxyl groups excluding tert-OH is 1. The second-order valence-corrected chi connectivity index (χ2v) is 7.35. The van der Waals surface area contributed by atoms with Crippen molar-refractivity contribution in [1.82, 2.24) is 9.62 Å². The number of carbonyl (C=O) groups is 1. The molecule has 1 saturated heterocycles. The van der Waals surface area contributed by atoms with Gasteiger partial charge >= 0.3 is 0 Å². The van der Waals surface area contributed by atoms with Crippen molar-refractivity contribution in [3.8, 4) is 0 Å². The number of aliphatic hydroxyl groups is 1. The summed E-state index contributed by atoms with van der Waals surface area (Å²) in [4.78, 5) is 11.9. The normalized spacial score (nSPS) is 18.1. The van der Waals surface area contributed by atoms with Crippen molar-refractivity contribution in [2.75, 3.05) is 32.5 Å². The Bertz CT molecular complexity index is 389. The van der Waals surface area contributed by atoms with Gasteiger partial charge in [-0.3, -0.25) is 4.79 Å². The Labute approximate surface area is 121 Å². The number of carbonyl (C=O) groups excluding carboxylic acids is 1. The lowest BCUT2D eigenvalue weighted by Gasteiger charge is -2.29. The Hall–Kier alpha value is -0.660. The maximum absolute atomic E-state index is 11.9. The van der Waals surface area contributed by atoms with Crippen molar-refractivity contribution >= 4 is 15.9 Å². The molecule has 0 aromatic heterocycles. The summed E-state index contributed by atoms with van der Waals surface area (Å²) < 4.78 is 24.2. The zero-order chi connectivity index (χ0) is 15.0. The lowest BCUT2D eigenvalue weighted by Crippen LogP contribution is -2.42. The van der Waals surface area contributed by atoms with Crippen LogP contribution in [-0.4, -0.2) is 56.2 Å². The first kappa shape index (κ1) is 17.4. The third-order valence-electron chi connectivity index (χ3n) is 3.68. The van der Waals surface area contributed by atoms with Crippen LogP contribution in [0.2, 0.25) is 0 Å². The number of piperidine rings is 1. The van der Waals surface area contributed by atoms with Crippen LogP contribution >= 0.6 is 0 Å². The van der Waals surface area contributed by atoms with Crippen LogP contribution in [0.15, 0.2) is 0 Å². The molecule has 1 aliphatic rings. The van der Waals surface area contributed by atoms with E-state index in [2.05, 4.69) is 5.32 Å². The SMILES string of the molecule is CS(=O)(=O)N1CCC(C(=O)NCCCCCCO)CC1. The highest BCUT2D eigenvalue weighted by Gasteiger charge is 2.28. The first-order valence-electron chi connectivity index (χ1n) is 7.29. The van der Waals surface area contributed by atoms with Crippen molar-refractivity contribution in [2.45, 2.75) is 38.5 Å². The highest BCUT2D eigenvalue weighted by atomic mass is 32.2. The molecule has 6 nitrogen and oxygen atoms in total. The van der Waals surface area contributed by atoms with Crippen LogP contribution in [-0.2, 0) is 14.8 Å². The molecule has 1 heterocycles. The largest absolute Gasteiger partial charge is 0.396 e. The summed E-state index contributed by atoms with van der Waals surface area (Å²) in [5.41, 5.74) is 0. The molecule has 0 unspecified atom stereocenters. The van der Waals surface area contributed by atoms with E-state index in [4.69, 9.17) is 5.11 Å². The van der Waals surface area contributed by atoms with Crippen molar-refractivity contribution in [3.05, 3.63) is 0 Å². The molecule has 20 heavy (non-hydrogen) atoms. The van der Waals surface area contributed by atoms with Crippen LogP contribution < -0.4 is 5.32 Å². The van der Waals surface area contributed by atoms with E-state index in [-0.39, 0.29) is 18.4 Å². The van der Waals surface area contributed by atoms with Crippen LogP contribution in [0.5, 0.6) is 0 Å². The van der Waals surface area contributed by atoms with E-state index in [9.17, 15) is 13.2 Å². The maximum atomic E-state index is 11.9. The molecule has 0 aromatic carbocycles. The number of amides is 1. The van der Waals surface area contributed by atoms with Crippen LogP contribution in [0.4, 0.5) is 0 Å². The molecular formula is C13H26N2O4S. The molecule has 0 aromatic rings. The zero-order valence-corrected chi connectivity index (χ0v) is 13.0. The summed E-state index contributed by atoms with van der Waals surface area (Å²) >= 11 is 0. The van der Waals surface area contributed by atoms with Gasteiger partial charge in [0.2, 0.25) is 15.9 Å². The molecule has 2 N–H and O–H groups in total. The fourth-order valence-corrected chi connectivity index (χ4v) is 3.27. The molecule has 7 heteroatoms. The second-order valence-electron chi connectivity index (χ2n) is 5.37. The van der Waals surface area contributed by atoms with E-state index in [1.165, 1.54) is 10.6 Å². The number of hydrogen-bond acceptors (Lipinski definition) is 4. The zero-order valence-electron chi connectivity index (χ0n) is 12.2. The summed E-state index contributed by atoms with van der Waals surface area (Å²) in [6, 6.07) is 0. The minimum atomic E-state index is -3.12. The van der Waals surface area contributed by atoms with Crippen LogP contribution in [0.1, 0.15) is 38.5 Å². The van der Waals surface area contributed by atoms with E-state index < -0.39 is 10.0 Å². The van der Waals surface area contributed by atoms with E-state index in [0.29, 0.717) is 32.5 Å². The Balaban J connectivity index is 2.16. The van der Waals surface area contributed by atoms with Crippen molar-refractivity contribution in [2.24, 2.45) is 5.92 Å². The summed E-state index contributed by atoms with van der Waals surface area (Å²) in [6.07, 6.45) is 6.14. The number of nitrogens with zero attached hydrogens (tertiary/aromatic N) is 1. The summed E-state index contributed by atoms with van der Waals surface area (Å²) in [6.45, 7) is 1.77. The van der Waals surface area contributed by atoms with Gasteiger partial charge in [0.15, 0.2) is 0 Å². The quantitative estimate of drug-likeness (QED) is 0.633. The van der Waals surface area contributed by atoms with E-state index in [1.54, 1.807) is 0 Å². The fourth-order valence-electron chi connectivity index (χ4n) is 2.40. The summed E-state index contributed by atoms with van der Waals surface area (Å²) in [5, 5.41) is 11.6. The summed E-state index contributed by atoms with van der Waals surface area (Å²) in [7, 11) is -3.12. The van der Waals surface area contributed by atoms with E-state index in [0.717, 1.165) is 25.7 Å². The van der Waals surface area contributed by atoms with Gasteiger partial charge in [0.1, 0.15) is 0 Å². The van der Waals surface area contributed by atoms with E-state index >= 15 is 0 Å². The molecule has 1 aliphatic heterocycles. The first-order chi connectivity index (χ1) is 9.45.